The molecule has 5 nitrogen and oxygen atoms in total. The van der Waals surface area contributed by atoms with Crippen LogP contribution in [-0.2, 0) is 20.9 Å². The van der Waals surface area contributed by atoms with Crippen molar-refractivity contribution in [3.8, 4) is 0 Å². The molecule has 0 bridgehead atoms. The first-order valence-electron chi connectivity index (χ1n) is 6.98. The van der Waals surface area contributed by atoms with Crippen LogP contribution in [0.3, 0.4) is 0 Å². The van der Waals surface area contributed by atoms with Crippen molar-refractivity contribution in [2.75, 3.05) is 26.3 Å². The van der Waals surface area contributed by atoms with Gasteiger partial charge in [-0.25, -0.2) is 0 Å². The quantitative estimate of drug-likeness (QED) is 0.509. The van der Waals surface area contributed by atoms with Crippen molar-refractivity contribution in [1.82, 2.24) is 5.32 Å². The van der Waals surface area contributed by atoms with Gasteiger partial charge in [0.1, 0.15) is 0 Å². The molecule has 1 unspecified atom stereocenters. The molecule has 6 heteroatoms. The Morgan fingerprint density at radius 3 is 2.76 bits per heavy atom. The number of rotatable bonds is 10. The van der Waals surface area contributed by atoms with Crippen LogP contribution in [0.15, 0.2) is 24.3 Å². The molecule has 1 atom stereocenters. The molecule has 0 heterocycles. The van der Waals surface area contributed by atoms with Gasteiger partial charge < -0.3 is 19.9 Å². The molecule has 1 rings (SSSR count). The molecule has 0 aliphatic heterocycles. The summed E-state index contributed by atoms with van der Waals surface area (Å²) in [6.45, 7) is 3.67. The van der Waals surface area contributed by atoms with Gasteiger partial charge in [0.05, 0.1) is 32.3 Å². The smallest absolute Gasteiger partial charge is 0.307 e. The average molecular weight is 316 g/mol. The predicted molar refractivity (Wildman–Crippen MR) is 81.2 cm³/mol. The summed E-state index contributed by atoms with van der Waals surface area (Å²) in [5.74, 6) is -0.238. The van der Waals surface area contributed by atoms with E-state index < -0.39 is 6.10 Å². The highest BCUT2D eigenvalue weighted by atomic mass is 35.5. The van der Waals surface area contributed by atoms with E-state index in [2.05, 4.69) is 5.32 Å². The summed E-state index contributed by atoms with van der Waals surface area (Å²) in [5.41, 5.74) is 1.00. The van der Waals surface area contributed by atoms with E-state index in [1.54, 1.807) is 19.1 Å². The Bertz CT molecular complexity index is 411. The molecule has 0 aliphatic carbocycles. The molecule has 0 amide bonds. The Balaban J connectivity index is 2.04. The number of hydrogen-bond donors (Lipinski definition) is 2. The maximum absolute atomic E-state index is 11.1. The van der Waals surface area contributed by atoms with Gasteiger partial charge in [0.2, 0.25) is 0 Å². The summed E-state index contributed by atoms with van der Waals surface area (Å²) >= 11 is 5.79. The standard InChI is InChI=1S/C15H22ClNO4/c1-2-21-15(19)7-8-17-9-14(18)11-20-10-12-3-5-13(16)6-4-12/h3-6,14,17-18H,2,7-11H2,1H3. The predicted octanol–water partition coefficient (Wildman–Crippen LogP) is 1.76. The van der Waals surface area contributed by atoms with Crippen LogP contribution in [0.5, 0.6) is 0 Å². The fourth-order valence-corrected chi connectivity index (χ4v) is 1.77. The molecule has 0 aromatic heterocycles. The number of ether oxygens (including phenoxy) is 2. The number of nitrogens with one attached hydrogen (secondary N) is 1. The Labute approximate surface area is 130 Å². The van der Waals surface area contributed by atoms with E-state index in [1.165, 1.54) is 0 Å². The number of benzene rings is 1. The number of hydrogen-bond acceptors (Lipinski definition) is 5. The Kier molecular flexibility index (Phi) is 9.01. The number of aliphatic hydroxyl groups is 1. The summed E-state index contributed by atoms with van der Waals surface area (Å²) in [6.07, 6.45) is -0.314. The molecule has 0 fully saturated rings. The summed E-state index contributed by atoms with van der Waals surface area (Å²) in [4.78, 5) is 11.1. The summed E-state index contributed by atoms with van der Waals surface area (Å²) in [6, 6.07) is 7.36. The van der Waals surface area contributed by atoms with E-state index in [9.17, 15) is 9.90 Å². The summed E-state index contributed by atoms with van der Waals surface area (Å²) in [7, 11) is 0. The lowest BCUT2D eigenvalue weighted by atomic mass is 10.2. The third-order valence-electron chi connectivity index (χ3n) is 2.68. The zero-order chi connectivity index (χ0) is 15.5. The van der Waals surface area contributed by atoms with E-state index in [0.29, 0.717) is 37.7 Å². The molecule has 0 saturated heterocycles. The van der Waals surface area contributed by atoms with Crippen LogP contribution in [0.4, 0.5) is 0 Å². The molecule has 0 saturated carbocycles. The van der Waals surface area contributed by atoms with Crippen LogP contribution in [0.25, 0.3) is 0 Å². The second-order valence-corrected chi connectivity index (χ2v) is 4.99. The first kappa shape index (κ1) is 17.9. The third kappa shape index (κ3) is 8.67. The SMILES string of the molecule is CCOC(=O)CCNCC(O)COCc1ccc(Cl)cc1. The lowest BCUT2D eigenvalue weighted by Crippen LogP contribution is -2.31. The number of halogens is 1. The van der Waals surface area contributed by atoms with E-state index >= 15 is 0 Å². The van der Waals surface area contributed by atoms with Crippen molar-refractivity contribution in [3.05, 3.63) is 34.9 Å². The molecule has 1 aromatic carbocycles. The monoisotopic (exact) mass is 315 g/mol. The van der Waals surface area contributed by atoms with E-state index in [1.807, 2.05) is 12.1 Å². The maximum atomic E-state index is 11.1. The van der Waals surface area contributed by atoms with Crippen molar-refractivity contribution < 1.29 is 19.4 Å². The minimum Gasteiger partial charge on any atom is -0.466 e. The molecule has 0 radical (unpaired) electrons. The fourth-order valence-electron chi connectivity index (χ4n) is 1.64. The number of aliphatic hydroxyl groups excluding tert-OH is 1. The normalized spacial score (nSPS) is 12.1. The first-order chi connectivity index (χ1) is 10.1. The second-order valence-electron chi connectivity index (χ2n) is 4.55. The highest BCUT2D eigenvalue weighted by Gasteiger charge is 2.05. The molecular weight excluding hydrogens is 294 g/mol. The van der Waals surface area contributed by atoms with Crippen molar-refractivity contribution >= 4 is 17.6 Å². The topological polar surface area (TPSA) is 67.8 Å². The Morgan fingerprint density at radius 2 is 2.10 bits per heavy atom. The zero-order valence-electron chi connectivity index (χ0n) is 12.2. The van der Waals surface area contributed by atoms with Gasteiger partial charge in [0, 0.05) is 18.1 Å². The van der Waals surface area contributed by atoms with Gasteiger partial charge in [0.25, 0.3) is 0 Å². The van der Waals surface area contributed by atoms with Gasteiger partial charge in [-0.05, 0) is 24.6 Å². The van der Waals surface area contributed by atoms with Crippen LogP contribution in [-0.4, -0.2) is 43.5 Å². The van der Waals surface area contributed by atoms with E-state index in [0.717, 1.165) is 5.56 Å². The lowest BCUT2D eigenvalue weighted by molar-refractivity contribution is -0.143. The molecule has 0 spiro atoms. The fraction of sp³-hybridized carbons (Fsp3) is 0.533. The Hall–Kier alpha value is -1.14. The van der Waals surface area contributed by atoms with Gasteiger partial charge >= 0.3 is 5.97 Å². The van der Waals surface area contributed by atoms with Crippen molar-refractivity contribution in [3.63, 3.8) is 0 Å². The molecule has 118 valence electrons. The number of esters is 1. The highest BCUT2D eigenvalue weighted by molar-refractivity contribution is 6.30. The van der Waals surface area contributed by atoms with E-state index in [4.69, 9.17) is 21.1 Å². The molecule has 21 heavy (non-hydrogen) atoms. The zero-order valence-corrected chi connectivity index (χ0v) is 12.9. The van der Waals surface area contributed by atoms with Crippen molar-refractivity contribution in [1.29, 1.82) is 0 Å². The molecule has 2 N–H and O–H groups in total. The van der Waals surface area contributed by atoms with Crippen LogP contribution in [0.1, 0.15) is 18.9 Å². The summed E-state index contributed by atoms with van der Waals surface area (Å²) < 4.78 is 10.2. The minimum absolute atomic E-state index is 0.231. The number of carbonyl (C=O) groups is 1. The maximum Gasteiger partial charge on any atom is 0.307 e. The molecular formula is C15H22ClNO4. The highest BCUT2D eigenvalue weighted by Crippen LogP contribution is 2.10. The Morgan fingerprint density at radius 1 is 1.38 bits per heavy atom. The van der Waals surface area contributed by atoms with Crippen LogP contribution >= 0.6 is 11.6 Å². The van der Waals surface area contributed by atoms with Gasteiger partial charge in [-0.15, -0.1) is 0 Å². The van der Waals surface area contributed by atoms with E-state index in [-0.39, 0.29) is 12.6 Å². The van der Waals surface area contributed by atoms with Crippen LogP contribution < -0.4 is 5.32 Å². The number of carbonyl (C=O) groups excluding carboxylic acids is 1. The average Bonchev–Trinajstić information content (AvgIpc) is 2.46. The van der Waals surface area contributed by atoms with Gasteiger partial charge in [-0.2, -0.15) is 0 Å². The van der Waals surface area contributed by atoms with Gasteiger partial charge in [0.15, 0.2) is 0 Å². The summed E-state index contributed by atoms with van der Waals surface area (Å²) in [5, 5.41) is 13.4. The van der Waals surface area contributed by atoms with Crippen molar-refractivity contribution in [2.24, 2.45) is 0 Å². The lowest BCUT2D eigenvalue weighted by Gasteiger charge is -2.12. The van der Waals surface area contributed by atoms with Crippen molar-refractivity contribution in [2.45, 2.75) is 26.1 Å². The third-order valence-corrected chi connectivity index (χ3v) is 2.94. The van der Waals surface area contributed by atoms with Gasteiger partial charge in [-0.1, -0.05) is 23.7 Å². The molecule has 1 aromatic rings. The largest absolute Gasteiger partial charge is 0.466 e. The minimum atomic E-state index is -0.612. The van der Waals surface area contributed by atoms with Crippen LogP contribution in [0.2, 0.25) is 5.02 Å². The molecule has 0 aliphatic rings. The van der Waals surface area contributed by atoms with Gasteiger partial charge in [-0.3, -0.25) is 4.79 Å². The second kappa shape index (κ2) is 10.6. The first-order valence-corrected chi connectivity index (χ1v) is 7.36. The van der Waals surface area contributed by atoms with Crippen LogP contribution in [0, 0.1) is 0 Å².